The van der Waals surface area contributed by atoms with Gasteiger partial charge >= 0.3 is 11.9 Å². The molecule has 0 amide bonds. The van der Waals surface area contributed by atoms with Gasteiger partial charge < -0.3 is 14.6 Å². The fourth-order valence-electron chi connectivity index (χ4n) is 3.59. The van der Waals surface area contributed by atoms with Crippen molar-refractivity contribution < 1.29 is 24.2 Å². The molecular formula is C19H32O5. The van der Waals surface area contributed by atoms with E-state index in [0.29, 0.717) is 6.42 Å². The molecule has 0 aromatic rings. The maximum absolute atomic E-state index is 12.6. The van der Waals surface area contributed by atoms with Crippen molar-refractivity contribution >= 4 is 11.9 Å². The molecule has 5 nitrogen and oxygen atoms in total. The van der Waals surface area contributed by atoms with E-state index in [1.165, 1.54) is 0 Å². The second kappa shape index (κ2) is 8.15. The first kappa shape index (κ1) is 20.7. The van der Waals surface area contributed by atoms with Crippen molar-refractivity contribution in [1.82, 2.24) is 0 Å². The Morgan fingerprint density at radius 2 is 1.67 bits per heavy atom. The van der Waals surface area contributed by atoms with Crippen LogP contribution in [0.25, 0.3) is 0 Å². The van der Waals surface area contributed by atoms with Crippen LogP contribution in [-0.2, 0) is 19.1 Å². The highest BCUT2D eigenvalue weighted by molar-refractivity contribution is 6.03. The normalized spacial score (nSPS) is 28.0. The summed E-state index contributed by atoms with van der Waals surface area (Å²) in [5, 5.41) is 10.7. The first-order valence-corrected chi connectivity index (χ1v) is 8.92. The molecule has 24 heavy (non-hydrogen) atoms. The number of rotatable bonds is 7. The van der Waals surface area contributed by atoms with E-state index < -0.39 is 28.9 Å². The highest BCUT2D eigenvalue weighted by atomic mass is 16.6. The van der Waals surface area contributed by atoms with Crippen LogP contribution in [0, 0.1) is 22.7 Å². The van der Waals surface area contributed by atoms with Crippen molar-refractivity contribution in [1.29, 1.82) is 0 Å². The van der Waals surface area contributed by atoms with Crippen LogP contribution in [0.2, 0.25) is 0 Å². The summed E-state index contributed by atoms with van der Waals surface area (Å²) in [5.41, 5.74) is -1.92. The molecular weight excluding hydrogens is 308 g/mol. The van der Waals surface area contributed by atoms with Gasteiger partial charge in [0.2, 0.25) is 0 Å². The summed E-state index contributed by atoms with van der Waals surface area (Å²) >= 11 is 0. The lowest BCUT2D eigenvalue weighted by Gasteiger charge is -2.45. The third kappa shape index (κ3) is 3.66. The summed E-state index contributed by atoms with van der Waals surface area (Å²) in [4.78, 5) is 25.2. The van der Waals surface area contributed by atoms with Gasteiger partial charge in [-0.3, -0.25) is 9.59 Å². The minimum atomic E-state index is -1.43. The zero-order chi connectivity index (χ0) is 18.5. The van der Waals surface area contributed by atoms with Crippen LogP contribution >= 0.6 is 0 Å². The summed E-state index contributed by atoms with van der Waals surface area (Å²) in [6.45, 7) is 11.7. The van der Waals surface area contributed by atoms with Gasteiger partial charge in [-0.2, -0.15) is 0 Å². The standard InChI is InChI=1S/C19H32O5/c1-7-13(4)15(20)18(6)10-11-19(14(5)12-18,16(21)23-8-2)17(22)24-9-3/h10-11,13-15,20H,7-9,12H2,1-6H3/t13?,14-,15?,18-/m0/s1. The lowest BCUT2D eigenvalue weighted by Crippen LogP contribution is -2.51. The van der Waals surface area contributed by atoms with Crippen molar-refractivity contribution in [3.8, 4) is 0 Å². The predicted octanol–water partition coefficient (Wildman–Crippen LogP) is 3.11. The third-order valence-electron chi connectivity index (χ3n) is 5.34. The molecule has 0 aliphatic heterocycles. The average molecular weight is 340 g/mol. The van der Waals surface area contributed by atoms with E-state index in [1.807, 2.05) is 27.7 Å². The van der Waals surface area contributed by atoms with Gasteiger partial charge in [0.05, 0.1) is 19.3 Å². The number of carbonyl (C=O) groups is 2. The quantitative estimate of drug-likeness (QED) is 0.438. The van der Waals surface area contributed by atoms with Crippen LogP contribution in [0.3, 0.4) is 0 Å². The molecule has 0 fully saturated rings. The molecule has 0 aromatic heterocycles. The van der Waals surface area contributed by atoms with Gasteiger partial charge in [0, 0.05) is 5.41 Å². The van der Waals surface area contributed by atoms with Crippen molar-refractivity contribution in [2.75, 3.05) is 13.2 Å². The van der Waals surface area contributed by atoms with Crippen LogP contribution in [0.5, 0.6) is 0 Å². The molecule has 0 radical (unpaired) electrons. The Kier molecular flexibility index (Phi) is 7.02. The molecule has 138 valence electrons. The molecule has 0 bridgehead atoms. The molecule has 1 aliphatic rings. The monoisotopic (exact) mass is 340 g/mol. The van der Waals surface area contributed by atoms with Crippen molar-refractivity contribution in [2.45, 2.75) is 60.5 Å². The van der Waals surface area contributed by atoms with Gasteiger partial charge in [0.15, 0.2) is 5.41 Å². The number of carbonyl (C=O) groups excluding carboxylic acids is 2. The minimum absolute atomic E-state index is 0.129. The summed E-state index contributed by atoms with van der Waals surface area (Å²) < 4.78 is 10.3. The number of esters is 2. The van der Waals surface area contributed by atoms with E-state index in [-0.39, 0.29) is 25.0 Å². The van der Waals surface area contributed by atoms with E-state index in [1.54, 1.807) is 26.0 Å². The lowest BCUT2D eigenvalue weighted by atomic mass is 9.60. The molecule has 0 saturated carbocycles. The van der Waals surface area contributed by atoms with E-state index in [4.69, 9.17) is 9.47 Å². The maximum atomic E-state index is 12.6. The maximum Gasteiger partial charge on any atom is 0.327 e. The molecule has 1 rings (SSSR count). The van der Waals surface area contributed by atoms with Crippen LogP contribution < -0.4 is 0 Å². The zero-order valence-corrected chi connectivity index (χ0v) is 15.8. The van der Waals surface area contributed by atoms with Gasteiger partial charge in [-0.25, -0.2) is 0 Å². The molecule has 0 saturated heterocycles. The Morgan fingerprint density at radius 1 is 1.17 bits per heavy atom. The number of aliphatic hydroxyl groups excluding tert-OH is 1. The Hall–Kier alpha value is -1.36. The summed E-state index contributed by atoms with van der Waals surface area (Å²) in [6.07, 6.45) is 4.23. The molecule has 0 spiro atoms. The fraction of sp³-hybridized carbons (Fsp3) is 0.789. The Bertz CT molecular complexity index is 466. The van der Waals surface area contributed by atoms with Gasteiger partial charge in [-0.15, -0.1) is 0 Å². The SMILES string of the molecule is CCOC(=O)C1(C(=O)OCC)C=C[C@](C)(C(O)C(C)CC)C[C@@H]1C. The highest BCUT2D eigenvalue weighted by Crippen LogP contribution is 2.48. The predicted molar refractivity (Wildman–Crippen MR) is 92.2 cm³/mol. The number of aliphatic hydroxyl groups is 1. The Balaban J connectivity index is 3.27. The van der Waals surface area contributed by atoms with E-state index >= 15 is 0 Å². The molecule has 2 unspecified atom stereocenters. The van der Waals surface area contributed by atoms with E-state index in [2.05, 4.69) is 0 Å². The average Bonchev–Trinajstić information content (AvgIpc) is 2.54. The first-order chi connectivity index (χ1) is 11.2. The third-order valence-corrected chi connectivity index (χ3v) is 5.34. The summed E-state index contributed by atoms with van der Waals surface area (Å²) in [5.74, 6) is -1.35. The zero-order valence-electron chi connectivity index (χ0n) is 15.8. The van der Waals surface area contributed by atoms with Crippen molar-refractivity contribution in [2.24, 2.45) is 22.7 Å². The van der Waals surface area contributed by atoms with Crippen LogP contribution in [0.15, 0.2) is 12.2 Å². The summed E-state index contributed by atoms with van der Waals surface area (Å²) in [7, 11) is 0. The van der Waals surface area contributed by atoms with Crippen molar-refractivity contribution in [3.63, 3.8) is 0 Å². The Morgan fingerprint density at radius 3 is 2.04 bits per heavy atom. The smallest absolute Gasteiger partial charge is 0.327 e. The molecule has 4 atom stereocenters. The van der Waals surface area contributed by atoms with Gasteiger partial charge in [-0.1, -0.05) is 46.3 Å². The largest absolute Gasteiger partial charge is 0.465 e. The fourth-order valence-corrected chi connectivity index (χ4v) is 3.59. The van der Waals surface area contributed by atoms with Crippen LogP contribution in [0.4, 0.5) is 0 Å². The molecule has 1 N–H and O–H groups in total. The second-order valence-electron chi connectivity index (χ2n) is 7.08. The Labute approximate surface area is 145 Å². The number of ether oxygens (including phenoxy) is 2. The number of hydrogen-bond acceptors (Lipinski definition) is 5. The minimum Gasteiger partial charge on any atom is -0.465 e. The molecule has 0 heterocycles. The van der Waals surface area contributed by atoms with Crippen LogP contribution in [0.1, 0.15) is 54.4 Å². The highest BCUT2D eigenvalue weighted by Gasteiger charge is 2.56. The molecule has 1 aliphatic carbocycles. The topological polar surface area (TPSA) is 72.8 Å². The number of hydrogen-bond donors (Lipinski definition) is 1. The van der Waals surface area contributed by atoms with Gasteiger partial charge in [-0.05, 0) is 32.1 Å². The molecule has 0 aromatic carbocycles. The van der Waals surface area contributed by atoms with Gasteiger partial charge in [0.25, 0.3) is 0 Å². The first-order valence-electron chi connectivity index (χ1n) is 8.92. The lowest BCUT2D eigenvalue weighted by molar-refractivity contribution is -0.173. The summed E-state index contributed by atoms with van der Waals surface area (Å²) in [6, 6.07) is 0. The second-order valence-corrected chi connectivity index (χ2v) is 7.08. The van der Waals surface area contributed by atoms with Crippen LogP contribution in [-0.4, -0.2) is 36.4 Å². The molecule has 5 heteroatoms. The van der Waals surface area contributed by atoms with Gasteiger partial charge in [0.1, 0.15) is 0 Å². The van der Waals surface area contributed by atoms with E-state index in [9.17, 15) is 14.7 Å². The van der Waals surface area contributed by atoms with Crippen molar-refractivity contribution in [3.05, 3.63) is 12.2 Å². The van der Waals surface area contributed by atoms with E-state index in [0.717, 1.165) is 6.42 Å².